The Morgan fingerprint density at radius 1 is 0.844 bits per heavy atom. The van der Waals surface area contributed by atoms with Crippen molar-refractivity contribution in [2.24, 2.45) is 17.8 Å². The van der Waals surface area contributed by atoms with Crippen LogP contribution in [0, 0.1) is 34.9 Å². The van der Waals surface area contributed by atoms with Gasteiger partial charge in [-0.1, -0.05) is 76.5 Å². The molecule has 1 aromatic rings. The SMILES string of the molecule is CCCCCCCCC[C@H]1CC[C@H](/C=C/C2CCC(c3ccc(C#N)c(F)c3)CC2)CC1. The van der Waals surface area contributed by atoms with E-state index in [1.54, 1.807) is 12.1 Å². The van der Waals surface area contributed by atoms with Gasteiger partial charge < -0.3 is 0 Å². The van der Waals surface area contributed by atoms with E-state index in [4.69, 9.17) is 5.26 Å². The van der Waals surface area contributed by atoms with E-state index in [1.165, 1.54) is 89.9 Å². The molecule has 0 unspecified atom stereocenters. The molecule has 2 aliphatic carbocycles. The van der Waals surface area contributed by atoms with Crippen molar-refractivity contribution in [3.8, 4) is 6.07 Å². The van der Waals surface area contributed by atoms with E-state index < -0.39 is 0 Å². The lowest BCUT2D eigenvalue weighted by atomic mass is 9.76. The fourth-order valence-corrected chi connectivity index (χ4v) is 5.89. The Balaban J connectivity index is 1.29. The Morgan fingerprint density at radius 3 is 2.03 bits per heavy atom. The lowest BCUT2D eigenvalue weighted by Gasteiger charge is -2.29. The van der Waals surface area contributed by atoms with Crippen LogP contribution in [0.1, 0.15) is 127 Å². The molecule has 0 heterocycles. The molecule has 3 rings (SSSR count). The Labute approximate surface area is 196 Å². The molecule has 1 aromatic carbocycles. The monoisotopic (exact) mass is 437 g/mol. The van der Waals surface area contributed by atoms with Gasteiger partial charge in [-0.05, 0) is 92.7 Å². The molecule has 0 atom stereocenters. The van der Waals surface area contributed by atoms with Crippen LogP contribution in [0.25, 0.3) is 0 Å². The molecule has 0 bridgehead atoms. The fourth-order valence-electron chi connectivity index (χ4n) is 5.89. The lowest BCUT2D eigenvalue weighted by Crippen LogP contribution is -2.15. The molecular formula is C30H44FN. The van der Waals surface area contributed by atoms with E-state index >= 15 is 0 Å². The Hall–Kier alpha value is -1.62. The van der Waals surface area contributed by atoms with Crippen LogP contribution < -0.4 is 0 Å². The van der Waals surface area contributed by atoms with E-state index in [9.17, 15) is 4.39 Å². The predicted molar refractivity (Wildman–Crippen MR) is 133 cm³/mol. The lowest BCUT2D eigenvalue weighted by molar-refractivity contribution is 0.287. The largest absolute Gasteiger partial charge is 0.206 e. The van der Waals surface area contributed by atoms with Gasteiger partial charge in [-0.15, -0.1) is 0 Å². The van der Waals surface area contributed by atoms with Crippen LogP contribution in [0.15, 0.2) is 30.4 Å². The van der Waals surface area contributed by atoms with Gasteiger partial charge in [0.25, 0.3) is 0 Å². The molecule has 0 saturated heterocycles. The summed E-state index contributed by atoms with van der Waals surface area (Å²) in [4.78, 5) is 0. The molecule has 2 fully saturated rings. The van der Waals surface area contributed by atoms with Crippen LogP contribution in [-0.2, 0) is 0 Å². The van der Waals surface area contributed by atoms with Crippen LogP contribution in [0.3, 0.4) is 0 Å². The second-order valence-corrected chi connectivity index (χ2v) is 10.5. The maximum absolute atomic E-state index is 13.9. The van der Waals surface area contributed by atoms with Gasteiger partial charge in [0, 0.05) is 0 Å². The molecule has 2 aliphatic rings. The van der Waals surface area contributed by atoms with Gasteiger partial charge in [-0.3, -0.25) is 0 Å². The zero-order chi connectivity index (χ0) is 22.6. The first-order valence-corrected chi connectivity index (χ1v) is 13.6. The van der Waals surface area contributed by atoms with Crippen LogP contribution >= 0.6 is 0 Å². The number of hydrogen-bond acceptors (Lipinski definition) is 1. The minimum atomic E-state index is -0.366. The van der Waals surface area contributed by atoms with Crippen LogP contribution in [0.4, 0.5) is 4.39 Å². The van der Waals surface area contributed by atoms with Gasteiger partial charge >= 0.3 is 0 Å². The number of hydrogen-bond donors (Lipinski definition) is 0. The normalized spacial score (nSPS) is 26.3. The van der Waals surface area contributed by atoms with E-state index in [-0.39, 0.29) is 11.4 Å². The van der Waals surface area contributed by atoms with Crippen molar-refractivity contribution in [2.75, 3.05) is 0 Å². The van der Waals surface area contributed by atoms with Gasteiger partial charge in [0.2, 0.25) is 0 Å². The van der Waals surface area contributed by atoms with Crippen LogP contribution in [0.2, 0.25) is 0 Å². The van der Waals surface area contributed by atoms with Gasteiger partial charge in [-0.2, -0.15) is 5.26 Å². The number of benzene rings is 1. The summed E-state index contributed by atoms with van der Waals surface area (Å²) in [7, 11) is 0. The first-order chi connectivity index (χ1) is 15.7. The Bertz CT molecular complexity index is 730. The van der Waals surface area contributed by atoms with Crippen LogP contribution in [0.5, 0.6) is 0 Å². The zero-order valence-corrected chi connectivity index (χ0v) is 20.3. The second-order valence-electron chi connectivity index (χ2n) is 10.5. The highest BCUT2D eigenvalue weighted by atomic mass is 19.1. The molecule has 0 aromatic heterocycles. The average Bonchev–Trinajstić information content (AvgIpc) is 2.83. The Kier molecular flexibility index (Phi) is 10.8. The molecule has 1 nitrogen and oxygen atoms in total. The predicted octanol–water partition coefficient (Wildman–Crippen LogP) is 9.47. The number of allylic oxidation sites excluding steroid dienone is 2. The van der Waals surface area contributed by atoms with Crippen molar-refractivity contribution >= 4 is 0 Å². The van der Waals surface area contributed by atoms with Gasteiger partial charge in [0.05, 0.1) is 5.56 Å². The van der Waals surface area contributed by atoms with E-state index in [1.807, 2.05) is 12.1 Å². The highest BCUT2D eigenvalue weighted by Crippen LogP contribution is 2.38. The molecular weight excluding hydrogens is 393 g/mol. The van der Waals surface area contributed by atoms with Crippen LogP contribution in [-0.4, -0.2) is 0 Å². The number of nitriles is 1. The van der Waals surface area contributed by atoms with E-state index in [0.29, 0.717) is 11.8 Å². The molecule has 0 radical (unpaired) electrons. The average molecular weight is 438 g/mol. The molecule has 2 heteroatoms. The van der Waals surface area contributed by atoms with Crippen molar-refractivity contribution < 1.29 is 4.39 Å². The first-order valence-electron chi connectivity index (χ1n) is 13.6. The summed E-state index contributed by atoms with van der Waals surface area (Å²) >= 11 is 0. The molecule has 0 spiro atoms. The van der Waals surface area contributed by atoms with E-state index in [0.717, 1.165) is 30.2 Å². The summed E-state index contributed by atoms with van der Waals surface area (Å²) in [5.41, 5.74) is 1.23. The van der Waals surface area contributed by atoms with Crippen molar-refractivity contribution in [3.05, 3.63) is 47.3 Å². The molecule has 32 heavy (non-hydrogen) atoms. The number of unbranched alkanes of at least 4 members (excludes halogenated alkanes) is 6. The van der Waals surface area contributed by atoms with Crippen molar-refractivity contribution in [1.82, 2.24) is 0 Å². The quantitative estimate of drug-likeness (QED) is 0.250. The molecule has 176 valence electrons. The molecule has 0 N–H and O–H groups in total. The third-order valence-corrected chi connectivity index (χ3v) is 8.12. The minimum Gasteiger partial charge on any atom is -0.206 e. The molecule has 0 aliphatic heterocycles. The van der Waals surface area contributed by atoms with E-state index in [2.05, 4.69) is 19.1 Å². The smallest absolute Gasteiger partial charge is 0.141 e. The summed E-state index contributed by atoms with van der Waals surface area (Å²) in [5, 5.41) is 8.92. The molecule has 0 amide bonds. The van der Waals surface area contributed by atoms with Gasteiger partial charge in [0.15, 0.2) is 0 Å². The third kappa shape index (κ3) is 8.06. The highest BCUT2D eigenvalue weighted by molar-refractivity contribution is 5.35. The van der Waals surface area contributed by atoms with Gasteiger partial charge in [0.1, 0.15) is 11.9 Å². The topological polar surface area (TPSA) is 23.8 Å². The van der Waals surface area contributed by atoms with Crippen molar-refractivity contribution in [3.63, 3.8) is 0 Å². The van der Waals surface area contributed by atoms with Gasteiger partial charge in [-0.25, -0.2) is 4.39 Å². The summed E-state index contributed by atoms with van der Waals surface area (Å²) in [6.45, 7) is 2.29. The summed E-state index contributed by atoms with van der Waals surface area (Å²) < 4.78 is 13.9. The van der Waals surface area contributed by atoms with Crippen molar-refractivity contribution in [1.29, 1.82) is 5.26 Å². The summed E-state index contributed by atoms with van der Waals surface area (Å²) in [5.74, 6) is 2.56. The van der Waals surface area contributed by atoms with Crippen molar-refractivity contribution in [2.45, 2.75) is 116 Å². The minimum absolute atomic E-state index is 0.155. The molecule has 2 saturated carbocycles. The summed E-state index contributed by atoms with van der Waals surface area (Å²) in [6, 6.07) is 7.10. The second kappa shape index (κ2) is 13.8. The summed E-state index contributed by atoms with van der Waals surface area (Å²) in [6.07, 6.45) is 26.8. The standard InChI is InChI=1S/C30H44FN/c1-2-3-4-5-6-7-8-9-24-10-12-25(13-11-24)14-15-26-16-18-27(19-17-26)28-20-21-29(23-32)30(31)22-28/h14-15,20-22,24-27H,2-13,16-19H2,1H3/b15-14+/t24-,25-,26?,27?. The number of nitrogens with zero attached hydrogens (tertiary/aromatic N) is 1. The third-order valence-electron chi connectivity index (χ3n) is 8.12. The first kappa shape index (κ1) is 25.0. The zero-order valence-electron chi connectivity index (χ0n) is 20.3. The highest BCUT2D eigenvalue weighted by Gasteiger charge is 2.23. The Morgan fingerprint density at radius 2 is 1.44 bits per heavy atom. The number of halogens is 1. The fraction of sp³-hybridized carbons (Fsp3) is 0.700. The maximum atomic E-state index is 13.9. The maximum Gasteiger partial charge on any atom is 0.141 e. The number of rotatable bonds is 11.